The highest BCUT2D eigenvalue weighted by Gasteiger charge is 2.44. The summed E-state index contributed by atoms with van der Waals surface area (Å²) in [5.74, 6) is -0.588. The summed E-state index contributed by atoms with van der Waals surface area (Å²) in [6.45, 7) is 1.26. The minimum atomic E-state index is -1.21. The molecule has 0 radical (unpaired) electrons. The molecule has 6 N–H and O–H groups in total. The molecular weight excluding hydrogens is 404 g/mol. The molecule has 2 aromatic rings. The van der Waals surface area contributed by atoms with Crippen molar-refractivity contribution in [1.82, 2.24) is 24.8 Å². The van der Waals surface area contributed by atoms with Crippen LogP contribution in [0.5, 0.6) is 0 Å². The van der Waals surface area contributed by atoms with E-state index in [0.717, 1.165) is 0 Å². The van der Waals surface area contributed by atoms with Gasteiger partial charge in [0.25, 0.3) is 0 Å². The van der Waals surface area contributed by atoms with Crippen molar-refractivity contribution < 1.29 is 29.6 Å². The highest BCUT2D eigenvalue weighted by molar-refractivity contribution is 7.99. The zero-order valence-electron chi connectivity index (χ0n) is 15.5. The Labute approximate surface area is 169 Å². The Hall–Kier alpha value is -2.48. The van der Waals surface area contributed by atoms with Crippen LogP contribution in [0.1, 0.15) is 19.6 Å². The number of fused-ring (bicyclic) bond motifs is 1. The van der Waals surface area contributed by atoms with E-state index in [-0.39, 0.29) is 12.2 Å². The van der Waals surface area contributed by atoms with E-state index in [9.17, 15) is 19.8 Å². The fourth-order valence-electron chi connectivity index (χ4n) is 3.06. The van der Waals surface area contributed by atoms with Gasteiger partial charge in [-0.2, -0.15) is 11.8 Å². The van der Waals surface area contributed by atoms with E-state index in [1.165, 1.54) is 35.9 Å². The SMILES string of the molecule is CC(=O)N[C@@H](CCSC[C@H]1O[C@@H](n2cnc3c(N)ncnc32)[C@H](O)[C@@H]1O)C(=O)O. The first-order valence-corrected chi connectivity index (χ1v) is 9.97. The first kappa shape index (κ1) is 21.2. The third-order valence-electron chi connectivity index (χ3n) is 4.51. The number of nitrogens with two attached hydrogens (primary N) is 1. The summed E-state index contributed by atoms with van der Waals surface area (Å²) in [6.07, 6.45) is -1.03. The Morgan fingerprint density at radius 2 is 2.10 bits per heavy atom. The number of aromatic nitrogens is 4. The van der Waals surface area contributed by atoms with E-state index in [1.54, 1.807) is 0 Å². The minimum Gasteiger partial charge on any atom is -0.480 e. The average Bonchev–Trinajstić information content (AvgIpc) is 3.21. The standard InChI is InChI=1S/C16H22N6O6S/c1-7(23)21-8(16(26)27)2-3-29-4-9-11(24)12(25)15(28-9)22-6-20-10-13(17)18-5-19-14(10)22/h5-6,8-9,11-12,15,24-25H,2-4H2,1H3,(H,21,23)(H,26,27)(H2,17,18,19)/t8-,9+,11+,12+,15+/m0/s1. The lowest BCUT2D eigenvalue weighted by Crippen LogP contribution is -2.40. The van der Waals surface area contributed by atoms with Crippen molar-refractivity contribution in [2.45, 2.75) is 43.9 Å². The maximum Gasteiger partial charge on any atom is 0.326 e. The average molecular weight is 426 g/mol. The predicted octanol–water partition coefficient (Wildman–Crippen LogP) is -1.26. The van der Waals surface area contributed by atoms with Crippen molar-refractivity contribution in [3.63, 3.8) is 0 Å². The number of anilines is 1. The Morgan fingerprint density at radius 1 is 1.34 bits per heavy atom. The fraction of sp³-hybridized carbons (Fsp3) is 0.562. The number of aliphatic hydroxyl groups is 2. The van der Waals surface area contributed by atoms with Gasteiger partial charge >= 0.3 is 5.97 Å². The summed E-state index contributed by atoms with van der Waals surface area (Å²) in [4.78, 5) is 34.3. The maximum absolute atomic E-state index is 11.1. The summed E-state index contributed by atoms with van der Waals surface area (Å²) in [7, 11) is 0. The van der Waals surface area contributed by atoms with Crippen LogP contribution in [0.25, 0.3) is 11.2 Å². The number of carbonyl (C=O) groups excluding carboxylic acids is 1. The lowest BCUT2D eigenvalue weighted by molar-refractivity contribution is -0.141. The number of carbonyl (C=O) groups is 2. The molecule has 12 nitrogen and oxygen atoms in total. The van der Waals surface area contributed by atoms with Gasteiger partial charge in [0, 0.05) is 12.7 Å². The number of imidazole rings is 1. The largest absolute Gasteiger partial charge is 0.480 e. The molecule has 158 valence electrons. The van der Waals surface area contributed by atoms with E-state index in [1.807, 2.05) is 0 Å². The fourth-order valence-corrected chi connectivity index (χ4v) is 4.13. The molecule has 0 unspecified atom stereocenters. The van der Waals surface area contributed by atoms with Gasteiger partial charge in [-0.05, 0) is 12.2 Å². The summed E-state index contributed by atoms with van der Waals surface area (Å²) < 4.78 is 7.30. The number of carboxylic acid groups (broad SMARTS) is 1. The number of rotatable bonds is 8. The first-order chi connectivity index (χ1) is 13.8. The molecule has 3 rings (SSSR count). The lowest BCUT2D eigenvalue weighted by Gasteiger charge is -2.16. The number of aliphatic hydroxyl groups excluding tert-OH is 2. The number of ether oxygens (including phenoxy) is 1. The molecule has 29 heavy (non-hydrogen) atoms. The summed E-state index contributed by atoms with van der Waals surface area (Å²) in [5.41, 5.74) is 6.51. The van der Waals surface area contributed by atoms with Crippen LogP contribution in [0.15, 0.2) is 12.7 Å². The van der Waals surface area contributed by atoms with Gasteiger partial charge in [0.15, 0.2) is 17.7 Å². The third kappa shape index (κ3) is 4.58. The number of amides is 1. The number of carboxylic acids is 1. The second-order valence-electron chi connectivity index (χ2n) is 6.58. The lowest BCUT2D eigenvalue weighted by atomic mass is 10.1. The smallest absolute Gasteiger partial charge is 0.326 e. The molecule has 5 atom stereocenters. The Morgan fingerprint density at radius 3 is 2.79 bits per heavy atom. The first-order valence-electron chi connectivity index (χ1n) is 8.81. The van der Waals surface area contributed by atoms with Crippen LogP contribution in [-0.2, 0) is 14.3 Å². The van der Waals surface area contributed by atoms with Crippen LogP contribution in [-0.4, -0.2) is 82.6 Å². The summed E-state index contributed by atoms with van der Waals surface area (Å²) in [6, 6.07) is -0.977. The molecule has 0 bridgehead atoms. The molecular formula is C16H22N6O6S. The monoisotopic (exact) mass is 426 g/mol. The molecule has 0 spiro atoms. The molecule has 0 saturated carbocycles. The van der Waals surface area contributed by atoms with E-state index in [2.05, 4.69) is 20.3 Å². The number of aliphatic carboxylic acids is 1. The number of nitrogen functional groups attached to an aromatic ring is 1. The number of hydrogen-bond donors (Lipinski definition) is 5. The quantitative estimate of drug-likeness (QED) is 0.317. The molecule has 2 aromatic heterocycles. The van der Waals surface area contributed by atoms with Crippen molar-refractivity contribution in [2.75, 3.05) is 17.2 Å². The normalized spacial score (nSPS) is 25.2. The number of nitrogens with one attached hydrogen (secondary N) is 1. The van der Waals surface area contributed by atoms with Crippen molar-refractivity contribution in [1.29, 1.82) is 0 Å². The van der Waals surface area contributed by atoms with Crippen molar-refractivity contribution >= 4 is 40.6 Å². The van der Waals surface area contributed by atoms with Crippen molar-refractivity contribution in [3.8, 4) is 0 Å². The molecule has 0 aliphatic carbocycles. The number of thioether (sulfide) groups is 1. The Balaban J connectivity index is 1.59. The molecule has 1 saturated heterocycles. The van der Waals surface area contributed by atoms with Gasteiger partial charge < -0.3 is 31.1 Å². The van der Waals surface area contributed by atoms with Gasteiger partial charge in [-0.25, -0.2) is 19.7 Å². The van der Waals surface area contributed by atoms with Gasteiger partial charge in [-0.15, -0.1) is 0 Å². The van der Waals surface area contributed by atoms with Crippen LogP contribution in [0.2, 0.25) is 0 Å². The van der Waals surface area contributed by atoms with Crippen LogP contribution < -0.4 is 11.1 Å². The van der Waals surface area contributed by atoms with Gasteiger partial charge in [-0.1, -0.05) is 0 Å². The van der Waals surface area contributed by atoms with Crippen LogP contribution in [0.3, 0.4) is 0 Å². The molecule has 1 fully saturated rings. The molecule has 1 aliphatic heterocycles. The predicted molar refractivity (Wildman–Crippen MR) is 103 cm³/mol. The zero-order valence-corrected chi connectivity index (χ0v) is 16.3. The highest BCUT2D eigenvalue weighted by atomic mass is 32.2. The molecule has 0 aromatic carbocycles. The van der Waals surface area contributed by atoms with Gasteiger partial charge in [0.1, 0.15) is 30.1 Å². The highest BCUT2D eigenvalue weighted by Crippen LogP contribution is 2.33. The van der Waals surface area contributed by atoms with Crippen molar-refractivity contribution in [3.05, 3.63) is 12.7 Å². The van der Waals surface area contributed by atoms with Crippen LogP contribution in [0, 0.1) is 0 Å². The Kier molecular flexibility index (Phi) is 6.52. The second-order valence-corrected chi connectivity index (χ2v) is 7.73. The van der Waals surface area contributed by atoms with E-state index >= 15 is 0 Å². The number of hydrogen-bond acceptors (Lipinski definition) is 10. The van der Waals surface area contributed by atoms with Gasteiger partial charge in [-0.3, -0.25) is 9.36 Å². The van der Waals surface area contributed by atoms with Gasteiger partial charge in [0.05, 0.1) is 12.4 Å². The molecule has 1 amide bonds. The molecule has 3 heterocycles. The third-order valence-corrected chi connectivity index (χ3v) is 5.60. The molecule has 13 heteroatoms. The second kappa shape index (κ2) is 8.90. The minimum absolute atomic E-state index is 0.195. The van der Waals surface area contributed by atoms with Crippen LogP contribution >= 0.6 is 11.8 Å². The van der Waals surface area contributed by atoms with E-state index < -0.39 is 42.5 Å². The number of nitrogens with zero attached hydrogens (tertiary/aromatic N) is 4. The van der Waals surface area contributed by atoms with Crippen molar-refractivity contribution in [2.24, 2.45) is 0 Å². The zero-order chi connectivity index (χ0) is 21.1. The van der Waals surface area contributed by atoms with E-state index in [4.69, 9.17) is 15.6 Å². The van der Waals surface area contributed by atoms with Gasteiger partial charge in [0.2, 0.25) is 5.91 Å². The van der Waals surface area contributed by atoms with Crippen LogP contribution in [0.4, 0.5) is 5.82 Å². The maximum atomic E-state index is 11.1. The summed E-state index contributed by atoms with van der Waals surface area (Å²) >= 11 is 1.35. The topological polar surface area (TPSA) is 186 Å². The summed E-state index contributed by atoms with van der Waals surface area (Å²) in [5, 5.41) is 32.2. The van der Waals surface area contributed by atoms with E-state index in [0.29, 0.717) is 22.7 Å². The molecule has 1 aliphatic rings. The Bertz CT molecular complexity index is 894.